The number of oxazole rings is 1. The Morgan fingerprint density at radius 1 is 1.39 bits per heavy atom. The molecule has 0 aliphatic heterocycles. The number of para-hydroxylation sites is 2. The minimum Gasteiger partial charge on any atom is -0.464 e. The lowest BCUT2D eigenvalue weighted by atomic mass is 10.3. The first-order valence-corrected chi connectivity index (χ1v) is 6.91. The van der Waals surface area contributed by atoms with Crippen molar-refractivity contribution in [3.8, 4) is 5.88 Å². The first-order valence-electron chi connectivity index (χ1n) is 6.91. The van der Waals surface area contributed by atoms with E-state index in [0.29, 0.717) is 11.5 Å². The van der Waals surface area contributed by atoms with Crippen LogP contribution in [0.3, 0.4) is 0 Å². The van der Waals surface area contributed by atoms with Crippen molar-refractivity contribution in [3.05, 3.63) is 41.9 Å². The number of halogens is 1. The normalized spacial score (nSPS) is 11.7. The molecule has 0 amide bonds. The van der Waals surface area contributed by atoms with Gasteiger partial charge in [-0.3, -0.25) is 0 Å². The average Bonchev–Trinajstić information content (AvgIpc) is 3.13. The fourth-order valence-corrected chi connectivity index (χ4v) is 2.01. The summed E-state index contributed by atoms with van der Waals surface area (Å²) in [4.78, 5) is 16.1. The third-order valence-corrected chi connectivity index (χ3v) is 3.05. The second-order valence-corrected chi connectivity index (χ2v) is 4.61. The summed E-state index contributed by atoms with van der Waals surface area (Å²) in [5.41, 5.74) is 1.68. The number of nitrogens with zero attached hydrogens (tertiary/aromatic N) is 2. The van der Waals surface area contributed by atoms with E-state index in [-0.39, 0.29) is 30.5 Å². The lowest BCUT2D eigenvalue weighted by Crippen LogP contribution is -2.09. The molecule has 0 saturated heterocycles. The maximum Gasteiger partial charge on any atom is 0.345 e. The molecule has 8 heteroatoms. The van der Waals surface area contributed by atoms with Gasteiger partial charge in [0.05, 0.1) is 12.8 Å². The van der Waals surface area contributed by atoms with Crippen LogP contribution in [-0.2, 0) is 4.74 Å². The summed E-state index contributed by atoms with van der Waals surface area (Å²) in [6.45, 7) is 3.80. The number of hydrogen-bond donors (Lipinski definition) is 1. The molecular weight excluding hydrogens is 322 g/mol. The molecule has 23 heavy (non-hydrogen) atoms. The van der Waals surface area contributed by atoms with Gasteiger partial charge >= 0.3 is 5.97 Å². The van der Waals surface area contributed by atoms with Crippen LogP contribution in [-0.4, -0.2) is 27.8 Å². The van der Waals surface area contributed by atoms with E-state index in [1.54, 1.807) is 13.8 Å². The number of benzene rings is 1. The van der Waals surface area contributed by atoms with Crippen LogP contribution in [0.15, 0.2) is 34.9 Å². The summed E-state index contributed by atoms with van der Waals surface area (Å²) in [6.07, 6.45) is 0.882. The van der Waals surface area contributed by atoms with E-state index >= 15 is 0 Å². The highest BCUT2D eigenvalue weighted by molar-refractivity contribution is 5.91. The highest BCUT2D eigenvalue weighted by Gasteiger charge is 2.21. The fourth-order valence-electron chi connectivity index (χ4n) is 2.01. The molecule has 0 spiro atoms. The first kappa shape index (κ1) is 16.8. The van der Waals surface area contributed by atoms with Crippen molar-refractivity contribution >= 4 is 29.5 Å². The molecule has 1 N–H and O–H groups in total. The molecule has 0 radical (unpaired) electrons. The fraction of sp³-hybridized carbons (Fsp3) is 0.267. The summed E-state index contributed by atoms with van der Waals surface area (Å²) in [5.74, 6) is 0.162. The van der Waals surface area contributed by atoms with Gasteiger partial charge in [-0.15, -0.1) is 12.4 Å². The van der Waals surface area contributed by atoms with E-state index in [0.717, 1.165) is 5.52 Å². The number of hydrogen-bond acceptors (Lipinski definition) is 6. The van der Waals surface area contributed by atoms with Crippen LogP contribution in [0.2, 0.25) is 0 Å². The maximum absolute atomic E-state index is 11.8. The molecule has 3 rings (SSSR count). The molecule has 0 bridgehead atoms. The zero-order valence-electron chi connectivity index (χ0n) is 12.6. The van der Waals surface area contributed by atoms with Gasteiger partial charge in [0.1, 0.15) is 11.1 Å². The number of carbonyl (C=O) groups excluding carboxylic acids is 1. The zero-order valence-corrected chi connectivity index (χ0v) is 13.4. The van der Waals surface area contributed by atoms with Gasteiger partial charge < -0.3 is 13.9 Å². The van der Waals surface area contributed by atoms with Crippen molar-refractivity contribution in [2.45, 2.75) is 20.0 Å². The smallest absolute Gasteiger partial charge is 0.345 e. The molecule has 7 nitrogen and oxygen atoms in total. The maximum atomic E-state index is 11.8. The Kier molecular flexibility index (Phi) is 5.23. The minimum absolute atomic E-state index is 0. The van der Waals surface area contributed by atoms with Crippen molar-refractivity contribution in [3.63, 3.8) is 0 Å². The van der Waals surface area contributed by atoms with Crippen molar-refractivity contribution in [1.29, 1.82) is 0 Å². The molecule has 1 unspecified atom stereocenters. The summed E-state index contributed by atoms with van der Waals surface area (Å²) in [6, 6.07) is 7.44. The number of rotatable bonds is 5. The number of carbonyl (C=O) groups is 1. The van der Waals surface area contributed by atoms with Crippen LogP contribution in [0, 0.1) is 0 Å². The first-order chi connectivity index (χ1) is 10.7. The number of esters is 1. The molecule has 2 aromatic heterocycles. The van der Waals surface area contributed by atoms with Crippen LogP contribution < -0.4 is 4.74 Å². The molecule has 2 heterocycles. The molecule has 1 aromatic carbocycles. The van der Waals surface area contributed by atoms with Crippen molar-refractivity contribution < 1.29 is 18.7 Å². The van der Waals surface area contributed by atoms with Crippen LogP contribution in [0.5, 0.6) is 5.88 Å². The Balaban J connectivity index is 0.00000192. The van der Waals surface area contributed by atoms with Gasteiger partial charge in [-0.1, -0.05) is 12.1 Å². The number of aromatic nitrogens is 3. The van der Waals surface area contributed by atoms with Gasteiger partial charge in [0.15, 0.2) is 11.7 Å². The number of aromatic amines is 1. The summed E-state index contributed by atoms with van der Waals surface area (Å²) >= 11 is 0. The van der Waals surface area contributed by atoms with Crippen LogP contribution in [0.1, 0.15) is 36.2 Å². The van der Waals surface area contributed by atoms with Crippen molar-refractivity contribution in [1.82, 2.24) is 15.2 Å². The minimum atomic E-state index is -0.490. The second-order valence-electron chi connectivity index (χ2n) is 4.61. The van der Waals surface area contributed by atoms with E-state index in [1.165, 1.54) is 6.20 Å². The Labute approximate surface area is 138 Å². The van der Waals surface area contributed by atoms with Gasteiger partial charge in [0, 0.05) is 0 Å². The van der Waals surface area contributed by atoms with Crippen LogP contribution in [0.4, 0.5) is 0 Å². The third-order valence-electron chi connectivity index (χ3n) is 3.05. The number of fused-ring (bicyclic) bond motifs is 1. The standard InChI is InChI=1S/C15H15N3O4.ClH/c1-3-20-15(19)10-8-16-18-14(10)21-9(2)13-17-11-6-4-5-7-12(11)22-13;/h4-9H,3H2,1-2H3,(H,16,18);1H. The van der Waals surface area contributed by atoms with Crippen LogP contribution in [0.25, 0.3) is 11.1 Å². The third kappa shape index (κ3) is 3.45. The molecule has 3 aromatic rings. The van der Waals surface area contributed by atoms with Gasteiger partial charge in [-0.25, -0.2) is 14.9 Å². The Morgan fingerprint density at radius 3 is 2.91 bits per heavy atom. The molecule has 0 aliphatic rings. The topological polar surface area (TPSA) is 90.2 Å². The summed E-state index contributed by atoms with van der Waals surface area (Å²) < 4.78 is 16.3. The van der Waals surface area contributed by atoms with E-state index in [4.69, 9.17) is 13.9 Å². The predicted molar refractivity (Wildman–Crippen MR) is 84.8 cm³/mol. The number of H-pyrrole nitrogens is 1. The quantitative estimate of drug-likeness (QED) is 0.718. The van der Waals surface area contributed by atoms with E-state index in [1.807, 2.05) is 24.3 Å². The Morgan fingerprint density at radius 2 is 2.17 bits per heavy atom. The molecule has 0 aliphatic carbocycles. The highest BCUT2D eigenvalue weighted by Crippen LogP contribution is 2.25. The number of nitrogens with one attached hydrogen (secondary N) is 1. The van der Waals surface area contributed by atoms with E-state index in [9.17, 15) is 4.79 Å². The Hall–Kier alpha value is -2.54. The summed E-state index contributed by atoms with van der Waals surface area (Å²) in [5, 5.41) is 6.45. The lowest BCUT2D eigenvalue weighted by Gasteiger charge is -2.10. The lowest BCUT2D eigenvalue weighted by molar-refractivity contribution is 0.0518. The zero-order chi connectivity index (χ0) is 15.5. The van der Waals surface area contributed by atoms with Crippen LogP contribution >= 0.6 is 12.4 Å². The monoisotopic (exact) mass is 337 g/mol. The average molecular weight is 338 g/mol. The highest BCUT2D eigenvalue weighted by atomic mass is 35.5. The van der Waals surface area contributed by atoms with Gasteiger partial charge in [0.25, 0.3) is 0 Å². The van der Waals surface area contributed by atoms with E-state index < -0.39 is 12.1 Å². The van der Waals surface area contributed by atoms with E-state index in [2.05, 4.69) is 15.2 Å². The SMILES string of the molecule is CCOC(=O)c1cn[nH]c1OC(C)c1nc2ccccc2o1.Cl. The molecule has 122 valence electrons. The van der Waals surface area contributed by atoms with Gasteiger partial charge in [0.2, 0.25) is 11.8 Å². The second kappa shape index (κ2) is 7.15. The van der Waals surface area contributed by atoms with Crippen molar-refractivity contribution in [2.24, 2.45) is 0 Å². The molecule has 1 atom stereocenters. The largest absolute Gasteiger partial charge is 0.464 e. The van der Waals surface area contributed by atoms with Gasteiger partial charge in [-0.05, 0) is 26.0 Å². The van der Waals surface area contributed by atoms with Crippen molar-refractivity contribution in [2.75, 3.05) is 6.61 Å². The molecule has 0 fully saturated rings. The van der Waals surface area contributed by atoms with Gasteiger partial charge in [-0.2, -0.15) is 5.10 Å². The molecular formula is C15H16ClN3O4. The summed E-state index contributed by atoms with van der Waals surface area (Å²) in [7, 11) is 0. The number of ether oxygens (including phenoxy) is 2. The predicted octanol–water partition coefficient (Wildman–Crippen LogP) is 3.29. The Bertz CT molecular complexity index is 766. The molecule has 0 saturated carbocycles.